The van der Waals surface area contributed by atoms with Crippen molar-refractivity contribution in [2.45, 2.75) is 19.6 Å². The maximum Gasteiger partial charge on any atom is 0.143 e. The van der Waals surface area contributed by atoms with Crippen molar-refractivity contribution in [1.82, 2.24) is 10.2 Å². The van der Waals surface area contributed by atoms with Gasteiger partial charge in [-0.2, -0.15) is 0 Å². The highest BCUT2D eigenvalue weighted by Crippen LogP contribution is 2.14. The van der Waals surface area contributed by atoms with Crippen LogP contribution in [-0.4, -0.2) is 15.3 Å². The standard InChI is InChI=1S/C5H9N3OS.2ClH/c1-3(6)5-8-7-4(2-9)10-5;;/h3,9H,2,6H2,1H3;2*1H. The van der Waals surface area contributed by atoms with Gasteiger partial charge in [0.15, 0.2) is 0 Å². The summed E-state index contributed by atoms with van der Waals surface area (Å²) in [7, 11) is 0. The van der Waals surface area contributed by atoms with Crippen molar-refractivity contribution < 1.29 is 5.11 Å². The van der Waals surface area contributed by atoms with Crippen molar-refractivity contribution in [2.75, 3.05) is 0 Å². The number of rotatable bonds is 2. The van der Waals surface area contributed by atoms with Gasteiger partial charge in [-0.15, -0.1) is 35.0 Å². The van der Waals surface area contributed by atoms with Crippen LogP contribution in [0.3, 0.4) is 0 Å². The van der Waals surface area contributed by atoms with Crippen LogP contribution in [0, 0.1) is 0 Å². The molecule has 3 N–H and O–H groups in total. The lowest BCUT2D eigenvalue weighted by molar-refractivity contribution is 0.280. The van der Waals surface area contributed by atoms with Crippen molar-refractivity contribution in [3.8, 4) is 0 Å². The van der Waals surface area contributed by atoms with Gasteiger partial charge in [0.05, 0.1) is 12.6 Å². The van der Waals surface area contributed by atoms with Crippen LogP contribution in [0.1, 0.15) is 23.0 Å². The molecule has 1 atom stereocenters. The van der Waals surface area contributed by atoms with Gasteiger partial charge >= 0.3 is 0 Å². The van der Waals surface area contributed by atoms with E-state index in [0.717, 1.165) is 5.01 Å². The number of halogens is 2. The van der Waals surface area contributed by atoms with Gasteiger partial charge in [-0.1, -0.05) is 11.3 Å². The van der Waals surface area contributed by atoms with Crippen molar-refractivity contribution in [3.05, 3.63) is 10.0 Å². The molecule has 72 valence electrons. The van der Waals surface area contributed by atoms with Gasteiger partial charge in [-0.3, -0.25) is 0 Å². The lowest BCUT2D eigenvalue weighted by Gasteiger charge is -1.93. The molecule has 0 aromatic carbocycles. The van der Waals surface area contributed by atoms with E-state index in [1.54, 1.807) is 0 Å². The van der Waals surface area contributed by atoms with Crippen LogP contribution in [0.2, 0.25) is 0 Å². The number of nitrogens with zero attached hydrogens (tertiary/aromatic N) is 2. The smallest absolute Gasteiger partial charge is 0.143 e. The molecular formula is C5H11Cl2N3OS. The fourth-order valence-electron chi connectivity index (χ4n) is 0.514. The molecule has 1 unspecified atom stereocenters. The second-order valence-corrected chi connectivity index (χ2v) is 3.07. The van der Waals surface area contributed by atoms with Crippen molar-refractivity contribution in [2.24, 2.45) is 5.73 Å². The summed E-state index contributed by atoms with van der Waals surface area (Å²) in [5, 5.41) is 17.4. The first-order chi connectivity index (χ1) is 4.74. The minimum Gasteiger partial charge on any atom is -0.389 e. The van der Waals surface area contributed by atoms with Crippen molar-refractivity contribution in [1.29, 1.82) is 0 Å². The Hall–Kier alpha value is 0.0600. The molecule has 0 saturated heterocycles. The van der Waals surface area contributed by atoms with Gasteiger partial charge in [0, 0.05) is 0 Å². The zero-order valence-corrected chi connectivity index (χ0v) is 8.88. The van der Waals surface area contributed by atoms with E-state index in [4.69, 9.17) is 10.8 Å². The van der Waals surface area contributed by atoms with E-state index in [1.807, 2.05) is 6.92 Å². The van der Waals surface area contributed by atoms with Gasteiger partial charge in [-0.25, -0.2) is 0 Å². The quantitative estimate of drug-likeness (QED) is 0.794. The van der Waals surface area contributed by atoms with Crippen LogP contribution in [0.4, 0.5) is 0 Å². The van der Waals surface area contributed by atoms with Crippen LogP contribution >= 0.6 is 36.2 Å². The second kappa shape index (κ2) is 6.56. The van der Waals surface area contributed by atoms with E-state index in [9.17, 15) is 0 Å². The number of aliphatic hydroxyl groups is 1. The molecule has 12 heavy (non-hydrogen) atoms. The summed E-state index contributed by atoms with van der Waals surface area (Å²) in [6.45, 7) is 1.78. The topological polar surface area (TPSA) is 72.0 Å². The van der Waals surface area contributed by atoms with Crippen LogP contribution in [0.5, 0.6) is 0 Å². The fraction of sp³-hybridized carbons (Fsp3) is 0.600. The molecule has 1 aromatic rings. The third-order valence-corrected chi connectivity index (χ3v) is 2.12. The van der Waals surface area contributed by atoms with E-state index in [2.05, 4.69) is 10.2 Å². The van der Waals surface area contributed by atoms with Crippen LogP contribution in [0.25, 0.3) is 0 Å². The van der Waals surface area contributed by atoms with Gasteiger partial charge < -0.3 is 10.8 Å². The van der Waals surface area contributed by atoms with E-state index >= 15 is 0 Å². The van der Waals surface area contributed by atoms with Gasteiger partial charge in [-0.05, 0) is 6.92 Å². The van der Waals surface area contributed by atoms with Gasteiger partial charge in [0.1, 0.15) is 10.0 Å². The average molecular weight is 232 g/mol. The lowest BCUT2D eigenvalue weighted by atomic mass is 10.4. The van der Waals surface area contributed by atoms with Crippen LogP contribution in [-0.2, 0) is 6.61 Å². The maximum atomic E-state index is 8.60. The summed E-state index contributed by atoms with van der Waals surface area (Å²) >= 11 is 1.34. The predicted molar refractivity (Wildman–Crippen MR) is 52.9 cm³/mol. The minimum atomic E-state index is -0.0854. The Morgan fingerprint density at radius 1 is 1.50 bits per heavy atom. The molecule has 0 aliphatic carbocycles. The number of nitrogens with two attached hydrogens (primary N) is 1. The molecule has 0 fully saturated rings. The molecule has 0 saturated carbocycles. The molecule has 4 nitrogen and oxygen atoms in total. The Morgan fingerprint density at radius 3 is 2.33 bits per heavy atom. The summed E-state index contributed by atoms with van der Waals surface area (Å²) in [4.78, 5) is 0. The Morgan fingerprint density at radius 2 is 2.08 bits per heavy atom. The first kappa shape index (κ1) is 14.6. The first-order valence-corrected chi connectivity index (χ1v) is 3.74. The highest BCUT2D eigenvalue weighted by molar-refractivity contribution is 7.11. The minimum absolute atomic E-state index is 0. The monoisotopic (exact) mass is 231 g/mol. The Kier molecular flexibility index (Phi) is 7.97. The summed E-state index contributed by atoms with van der Waals surface area (Å²) in [5.41, 5.74) is 5.51. The first-order valence-electron chi connectivity index (χ1n) is 2.92. The highest BCUT2D eigenvalue weighted by atomic mass is 35.5. The van der Waals surface area contributed by atoms with Gasteiger partial charge in [0.25, 0.3) is 0 Å². The molecule has 0 spiro atoms. The van der Waals surface area contributed by atoms with Crippen molar-refractivity contribution in [3.63, 3.8) is 0 Å². The van der Waals surface area contributed by atoms with E-state index in [-0.39, 0.29) is 37.5 Å². The third-order valence-electron chi connectivity index (χ3n) is 1.01. The molecule has 0 radical (unpaired) electrons. The normalized spacial score (nSPS) is 11.2. The number of hydrogen-bond donors (Lipinski definition) is 2. The molecule has 0 amide bonds. The molecule has 7 heteroatoms. The Labute approximate surface area is 87.0 Å². The maximum absolute atomic E-state index is 8.60. The predicted octanol–water partition coefficient (Wildman–Crippen LogP) is 0.894. The van der Waals surface area contributed by atoms with E-state index < -0.39 is 0 Å². The zero-order chi connectivity index (χ0) is 7.56. The van der Waals surface area contributed by atoms with Crippen molar-refractivity contribution >= 4 is 36.2 Å². The Bertz CT molecular complexity index is 218. The third kappa shape index (κ3) is 3.64. The molecule has 1 aromatic heterocycles. The summed E-state index contributed by atoms with van der Waals surface area (Å²) in [5.74, 6) is 0. The molecular weight excluding hydrogens is 221 g/mol. The summed E-state index contributed by atoms with van der Waals surface area (Å²) in [6.07, 6.45) is 0. The largest absolute Gasteiger partial charge is 0.389 e. The van der Waals surface area contributed by atoms with E-state index in [0.29, 0.717) is 5.01 Å². The fourth-order valence-corrected chi connectivity index (χ4v) is 1.17. The average Bonchev–Trinajstić information content (AvgIpc) is 2.34. The lowest BCUT2D eigenvalue weighted by Crippen LogP contribution is -2.03. The summed E-state index contributed by atoms with van der Waals surface area (Å²) in [6, 6.07) is -0.0854. The second-order valence-electron chi connectivity index (χ2n) is 1.98. The molecule has 0 aliphatic heterocycles. The van der Waals surface area contributed by atoms with Crippen LogP contribution in [0.15, 0.2) is 0 Å². The zero-order valence-electron chi connectivity index (χ0n) is 6.43. The molecule has 0 bridgehead atoms. The highest BCUT2D eigenvalue weighted by Gasteiger charge is 2.05. The Balaban J connectivity index is 0. The molecule has 1 heterocycles. The van der Waals surface area contributed by atoms with E-state index in [1.165, 1.54) is 11.3 Å². The number of aliphatic hydroxyl groups excluding tert-OH is 1. The number of aromatic nitrogens is 2. The molecule has 1 rings (SSSR count). The van der Waals surface area contributed by atoms with Gasteiger partial charge in [0.2, 0.25) is 0 Å². The summed E-state index contributed by atoms with van der Waals surface area (Å²) < 4.78 is 0. The molecule has 0 aliphatic rings. The SMILES string of the molecule is CC(N)c1nnc(CO)s1.Cl.Cl. The number of hydrogen-bond acceptors (Lipinski definition) is 5. The van der Waals surface area contributed by atoms with Crippen LogP contribution < -0.4 is 5.73 Å².